The fourth-order valence-electron chi connectivity index (χ4n) is 1.09. The van der Waals surface area contributed by atoms with Crippen molar-refractivity contribution in [1.29, 1.82) is 0 Å². The summed E-state index contributed by atoms with van der Waals surface area (Å²) in [6, 6.07) is 5.31. The molecule has 3 nitrogen and oxygen atoms in total. The number of aromatic nitrogens is 2. The third kappa shape index (κ3) is 3.22. The molecule has 1 aromatic carbocycles. The summed E-state index contributed by atoms with van der Waals surface area (Å²) in [6.07, 6.45) is 2.71. The zero-order valence-corrected chi connectivity index (χ0v) is 11.9. The Morgan fingerprint density at radius 3 is 2.71 bits per heavy atom. The molecule has 7 heteroatoms. The Hall–Kier alpha value is -0.560. The molecule has 0 unspecified atom stereocenters. The van der Waals surface area contributed by atoms with E-state index in [0.29, 0.717) is 10.6 Å². The number of halogens is 1. The monoisotopic (exact) mass is 302 g/mol. The number of hydrogen-bond acceptors (Lipinski definition) is 6. The lowest BCUT2D eigenvalue weighted by molar-refractivity contribution is 0.112. The van der Waals surface area contributed by atoms with Crippen molar-refractivity contribution in [2.45, 2.75) is 13.6 Å². The molecule has 2 aromatic rings. The van der Waals surface area contributed by atoms with E-state index in [1.54, 1.807) is 23.9 Å². The lowest BCUT2D eigenvalue weighted by Gasteiger charge is -1.99. The molecule has 0 saturated carbocycles. The van der Waals surface area contributed by atoms with Crippen molar-refractivity contribution < 1.29 is 4.79 Å². The van der Waals surface area contributed by atoms with Crippen molar-refractivity contribution in [2.75, 3.05) is 6.26 Å². The summed E-state index contributed by atoms with van der Waals surface area (Å²) in [5.41, 5.74) is 0.498. The third-order valence-corrected chi connectivity index (χ3v) is 5.13. The van der Waals surface area contributed by atoms with E-state index in [-0.39, 0.29) is 0 Å². The van der Waals surface area contributed by atoms with Crippen LogP contribution in [-0.2, 0) is 0 Å². The molecule has 0 atom stereocenters. The number of rotatable bonds is 4. The average Bonchev–Trinajstić information content (AvgIpc) is 2.77. The maximum absolute atomic E-state index is 10.6. The molecule has 0 fully saturated rings. The van der Waals surface area contributed by atoms with Crippen LogP contribution in [0, 0.1) is 0 Å². The molecule has 0 aliphatic carbocycles. The smallest absolute Gasteiger partial charge is 0.179 e. The Bertz CT molecular complexity index is 544. The van der Waals surface area contributed by atoms with Gasteiger partial charge in [-0.25, -0.2) is 0 Å². The van der Waals surface area contributed by atoms with E-state index < -0.39 is 0 Å². The molecule has 0 N–H and O–H groups in total. The number of carbonyl (C=O) groups is 1. The van der Waals surface area contributed by atoms with Crippen molar-refractivity contribution in [2.24, 2.45) is 0 Å². The minimum atomic E-state index is 0.458. The van der Waals surface area contributed by atoms with Crippen molar-refractivity contribution >= 4 is 52.7 Å². The molecule has 1 aromatic heterocycles. The van der Waals surface area contributed by atoms with Crippen LogP contribution in [-0.4, -0.2) is 22.7 Å². The normalized spacial score (nSPS) is 10.5. The first-order chi connectivity index (χ1) is 8.22. The molecule has 1 heterocycles. The number of carbonyl (C=O) groups excluding carboxylic acids is 1. The number of aldehydes is 1. The molecule has 0 spiro atoms. The van der Waals surface area contributed by atoms with E-state index in [1.807, 2.05) is 12.3 Å². The van der Waals surface area contributed by atoms with Gasteiger partial charge in [0, 0.05) is 10.5 Å². The molecule has 0 amide bonds. The zero-order chi connectivity index (χ0) is 12.3. The fraction of sp³-hybridized carbons (Fsp3) is 0.100. The fourth-order valence-corrected chi connectivity index (χ4v) is 3.83. The number of nitrogens with zero attached hydrogens (tertiary/aromatic N) is 2. The minimum absolute atomic E-state index is 0.458. The van der Waals surface area contributed by atoms with Gasteiger partial charge in [-0.05, 0) is 24.5 Å². The van der Waals surface area contributed by atoms with Gasteiger partial charge >= 0.3 is 0 Å². The number of hydrogen-bond donors (Lipinski definition) is 0. The lowest BCUT2D eigenvalue weighted by atomic mass is 10.2. The van der Waals surface area contributed by atoms with Crippen LogP contribution in [0.1, 0.15) is 10.4 Å². The van der Waals surface area contributed by atoms with Gasteiger partial charge in [0.15, 0.2) is 15.0 Å². The molecule has 17 heavy (non-hydrogen) atoms. The Labute approximate surface area is 116 Å². The van der Waals surface area contributed by atoms with E-state index in [4.69, 9.17) is 11.6 Å². The molecule has 2 rings (SSSR count). The predicted octanol–water partition coefficient (Wildman–Crippen LogP) is 3.88. The Morgan fingerprint density at radius 1 is 1.35 bits per heavy atom. The summed E-state index contributed by atoms with van der Waals surface area (Å²) in [4.78, 5) is 11.6. The number of benzene rings is 1. The highest BCUT2D eigenvalue weighted by atomic mass is 35.5. The van der Waals surface area contributed by atoms with Crippen molar-refractivity contribution in [1.82, 2.24) is 10.2 Å². The molecule has 0 saturated heterocycles. The molecule has 0 bridgehead atoms. The topological polar surface area (TPSA) is 42.9 Å². The summed E-state index contributed by atoms with van der Waals surface area (Å²) in [7, 11) is 0. The molecule has 0 aliphatic heterocycles. The highest BCUT2D eigenvalue weighted by molar-refractivity contribution is 8.03. The van der Waals surface area contributed by atoms with Crippen LogP contribution in [0.2, 0.25) is 5.02 Å². The van der Waals surface area contributed by atoms with Crippen LogP contribution in [0.15, 0.2) is 31.8 Å². The van der Waals surface area contributed by atoms with E-state index in [1.165, 1.54) is 23.1 Å². The van der Waals surface area contributed by atoms with E-state index in [2.05, 4.69) is 10.2 Å². The van der Waals surface area contributed by atoms with Crippen LogP contribution in [0.25, 0.3) is 0 Å². The van der Waals surface area contributed by atoms with Crippen LogP contribution in [0.4, 0.5) is 0 Å². The van der Waals surface area contributed by atoms with Gasteiger partial charge in [0.1, 0.15) is 0 Å². The van der Waals surface area contributed by atoms with E-state index in [9.17, 15) is 4.79 Å². The van der Waals surface area contributed by atoms with E-state index >= 15 is 0 Å². The quantitative estimate of drug-likeness (QED) is 0.633. The summed E-state index contributed by atoms with van der Waals surface area (Å²) in [5.74, 6) is 0. The second-order valence-electron chi connectivity index (χ2n) is 2.94. The second kappa shape index (κ2) is 5.86. The SMILES string of the molecule is CSc1nnc(Sc2ccc(C=O)c(Cl)c2)s1. The summed E-state index contributed by atoms with van der Waals surface area (Å²) < 4.78 is 1.80. The van der Waals surface area contributed by atoms with Crippen LogP contribution >= 0.6 is 46.5 Å². The molecule has 88 valence electrons. The lowest BCUT2D eigenvalue weighted by Crippen LogP contribution is -1.82. The van der Waals surface area contributed by atoms with Gasteiger partial charge in [-0.2, -0.15) is 0 Å². The summed E-state index contributed by atoms with van der Waals surface area (Å²) >= 11 is 10.5. The van der Waals surface area contributed by atoms with E-state index in [0.717, 1.165) is 19.9 Å². The Kier molecular flexibility index (Phi) is 4.44. The predicted molar refractivity (Wildman–Crippen MR) is 72.7 cm³/mol. The van der Waals surface area contributed by atoms with Crippen molar-refractivity contribution in [3.05, 3.63) is 28.8 Å². The standard InChI is InChI=1S/C10H7ClN2OS3/c1-15-9-12-13-10(17-9)16-7-3-2-6(5-14)8(11)4-7/h2-5H,1H3. The summed E-state index contributed by atoms with van der Waals surface area (Å²) in [6.45, 7) is 0. The Balaban J connectivity index is 2.18. The van der Waals surface area contributed by atoms with Gasteiger partial charge in [0.25, 0.3) is 0 Å². The number of thioether (sulfide) groups is 1. The van der Waals surface area contributed by atoms with Crippen LogP contribution in [0.3, 0.4) is 0 Å². The first kappa shape index (κ1) is 12.9. The maximum atomic E-state index is 10.6. The highest BCUT2D eigenvalue weighted by Crippen LogP contribution is 2.34. The molecule has 0 aliphatic rings. The first-order valence-electron chi connectivity index (χ1n) is 4.53. The minimum Gasteiger partial charge on any atom is -0.298 e. The first-order valence-corrected chi connectivity index (χ1v) is 7.76. The van der Waals surface area contributed by atoms with Gasteiger partial charge in [-0.3, -0.25) is 4.79 Å². The van der Waals surface area contributed by atoms with Gasteiger partial charge in [-0.15, -0.1) is 10.2 Å². The largest absolute Gasteiger partial charge is 0.298 e. The average molecular weight is 303 g/mol. The van der Waals surface area contributed by atoms with Crippen molar-refractivity contribution in [3.63, 3.8) is 0 Å². The van der Waals surface area contributed by atoms with Crippen LogP contribution < -0.4 is 0 Å². The van der Waals surface area contributed by atoms with Crippen molar-refractivity contribution in [3.8, 4) is 0 Å². The molecule has 0 radical (unpaired) electrons. The van der Waals surface area contributed by atoms with Gasteiger partial charge < -0.3 is 0 Å². The van der Waals surface area contributed by atoms with Gasteiger partial charge in [0.2, 0.25) is 0 Å². The van der Waals surface area contributed by atoms with Gasteiger partial charge in [0.05, 0.1) is 5.02 Å². The Morgan fingerprint density at radius 2 is 2.12 bits per heavy atom. The molecular weight excluding hydrogens is 296 g/mol. The highest BCUT2D eigenvalue weighted by Gasteiger charge is 2.07. The maximum Gasteiger partial charge on any atom is 0.179 e. The zero-order valence-electron chi connectivity index (χ0n) is 8.71. The third-order valence-electron chi connectivity index (χ3n) is 1.87. The van der Waals surface area contributed by atoms with Gasteiger partial charge in [-0.1, -0.05) is 46.5 Å². The van der Waals surface area contributed by atoms with Crippen LogP contribution in [0.5, 0.6) is 0 Å². The summed E-state index contributed by atoms with van der Waals surface area (Å²) in [5, 5.41) is 8.52. The second-order valence-corrected chi connectivity index (χ2v) is 6.70. The molecular formula is C10H7ClN2OS3.